The van der Waals surface area contributed by atoms with Gasteiger partial charge in [0.1, 0.15) is 16.2 Å². The summed E-state index contributed by atoms with van der Waals surface area (Å²) in [5.41, 5.74) is 0.515. The van der Waals surface area contributed by atoms with Crippen LogP contribution in [-0.4, -0.2) is 28.7 Å². The Kier molecular flexibility index (Phi) is 6.02. The fourth-order valence-corrected chi connectivity index (χ4v) is 2.35. The van der Waals surface area contributed by atoms with E-state index >= 15 is 0 Å². The molecular weight excluding hydrogens is 371 g/mol. The molecule has 0 saturated carbocycles. The van der Waals surface area contributed by atoms with E-state index in [1.54, 1.807) is 24.5 Å². The summed E-state index contributed by atoms with van der Waals surface area (Å²) in [6, 6.07) is 4.75. The van der Waals surface area contributed by atoms with E-state index in [4.69, 9.17) is 17.0 Å². The number of aromatic nitrogens is 2. The first-order valence-corrected chi connectivity index (χ1v) is 7.64. The molecule has 1 heterocycles. The second-order valence-electron chi connectivity index (χ2n) is 4.25. The first-order chi connectivity index (χ1) is 10.6. The number of benzene rings is 1. The summed E-state index contributed by atoms with van der Waals surface area (Å²) in [5, 5.41) is 6.30. The fourth-order valence-electron chi connectivity index (χ4n) is 1.83. The van der Waals surface area contributed by atoms with Crippen LogP contribution in [0.25, 0.3) is 0 Å². The summed E-state index contributed by atoms with van der Waals surface area (Å²) in [6.45, 7) is 0.459. The molecule has 1 aromatic carbocycles. The molecule has 0 radical (unpaired) electrons. The van der Waals surface area contributed by atoms with Gasteiger partial charge in [0.15, 0.2) is 10.9 Å². The molecule has 1 aromatic heterocycles. The molecule has 116 valence electrons. The van der Waals surface area contributed by atoms with Crippen LogP contribution in [0.4, 0.5) is 10.2 Å². The Labute approximate surface area is 141 Å². The van der Waals surface area contributed by atoms with Crippen LogP contribution in [0.5, 0.6) is 5.75 Å². The van der Waals surface area contributed by atoms with Crippen molar-refractivity contribution in [1.82, 2.24) is 15.3 Å². The highest BCUT2D eigenvalue weighted by molar-refractivity contribution is 9.10. The van der Waals surface area contributed by atoms with Gasteiger partial charge in [0.05, 0.1) is 7.11 Å². The summed E-state index contributed by atoms with van der Waals surface area (Å²) in [4.78, 5) is 8.13. The van der Waals surface area contributed by atoms with E-state index in [1.807, 2.05) is 0 Å². The van der Waals surface area contributed by atoms with Crippen LogP contribution in [0.1, 0.15) is 5.56 Å². The first-order valence-electron chi connectivity index (χ1n) is 6.44. The van der Waals surface area contributed by atoms with Crippen LogP contribution < -0.4 is 15.4 Å². The zero-order chi connectivity index (χ0) is 15.9. The predicted molar refractivity (Wildman–Crippen MR) is 90.6 cm³/mol. The Morgan fingerprint density at radius 3 is 2.86 bits per heavy atom. The number of halogens is 2. The molecular formula is C14H14BrFN4OS. The molecule has 0 fully saturated rings. The Bertz CT molecular complexity index is 671. The quantitative estimate of drug-likeness (QED) is 0.772. The van der Waals surface area contributed by atoms with Crippen molar-refractivity contribution in [3.05, 3.63) is 46.6 Å². The summed E-state index contributed by atoms with van der Waals surface area (Å²) in [5.74, 6) is 0.748. The molecule has 22 heavy (non-hydrogen) atoms. The highest BCUT2D eigenvalue weighted by Gasteiger charge is 2.09. The van der Waals surface area contributed by atoms with Crippen molar-refractivity contribution in [2.24, 2.45) is 0 Å². The van der Waals surface area contributed by atoms with Crippen LogP contribution in [0, 0.1) is 5.82 Å². The van der Waals surface area contributed by atoms with Crippen molar-refractivity contribution in [3.8, 4) is 5.75 Å². The molecule has 0 aliphatic carbocycles. The molecule has 0 aliphatic rings. The average molecular weight is 385 g/mol. The van der Waals surface area contributed by atoms with E-state index in [0.29, 0.717) is 39.8 Å². The Morgan fingerprint density at radius 1 is 1.36 bits per heavy atom. The minimum atomic E-state index is -0.295. The van der Waals surface area contributed by atoms with Crippen LogP contribution in [0.3, 0.4) is 0 Å². The van der Waals surface area contributed by atoms with Crippen LogP contribution in [0.15, 0.2) is 35.2 Å². The predicted octanol–water partition coefficient (Wildman–Crippen LogP) is 2.92. The van der Waals surface area contributed by atoms with Crippen molar-refractivity contribution in [2.75, 3.05) is 19.0 Å². The topological polar surface area (TPSA) is 59.1 Å². The van der Waals surface area contributed by atoms with Crippen molar-refractivity contribution in [2.45, 2.75) is 6.42 Å². The molecule has 2 N–H and O–H groups in total. The highest BCUT2D eigenvalue weighted by Crippen LogP contribution is 2.21. The maximum Gasteiger partial charge on any atom is 0.172 e. The van der Waals surface area contributed by atoms with Gasteiger partial charge in [0, 0.05) is 24.5 Å². The van der Waals surface area contributed by atoms with Gasteiger partial charge in [-0.1, -0.05) is 6.07 Å². The van der Waals surface area contributed by atoms with E-state index in [9.17, 15) is 4.39 Å². The molecule has 0 amide bonds. The standard InChI is InChI=1S/C14H14BrFN4OS/c1-21-11-4-2-3-10(16)9(11)5-6-19-14(22)20-13-12(15)17-7-8-18-13/h2-4,7-8H,5-6H2,1H3,(H2,18,19,20,22). The third-order valence-electron chi connectivity index (χ3n) is 2.84. The molecule has 8 heteroatoms. The minimum Gasteiger partial charge on any atom is -0.496 e. The Hall–Kier alpha value is -1.80. The van der Waals surface area contributed by atoms with Crippen LogP contribution >= 0.6 is 28.1 Å². The molecule has 0 bridgehead atoms. The number of nitrogens with one attached hydrogen (secondary N) is 2. The number of hydrogen-bond acceptors (Lipinski definition) is 4. The SMILES string of the molecule is COc1cccc(F)c1CCNC(=S)Nc1nccnc1Br. The molecule has 0 aliphatic heterocycles. The molecule has 0 unspecified atom stereocenters. The van der Waals surface area contributed by atoms with Crippen molar-refractivity contribution < 1.29 is 9.13 Å². The van der Waals surface area contributed by atoms with E-state index in [1.165, 1.54) is 13.2 Å². The largest absolute Gasteiger partial charge is 0.496 e. The van der Waals surface area contributed by atoms with Crippen LogP contribution in [-0.2, 0) is 6.42 Å². The normalized spacial score (nSPS) is 10.1. The molecule has 2 aromatic rings. The number of methoxy groups -OCH3 is 1. The second-order valence-corrected chi connectivity index (χ2v) is 5.41. The van der Waals surface area contributed by atoms with Gasteiger partial charge in [-0.25, -0.2) is 14.4 Å². The van der Waals surface area contributed by atoms with E-state index < -0.39 is 0 Å². The zero-order valence-electron chi connectivity index (χ0n) is 11.8. The molecule has 0 spiro atoms. The van der Waals surface area contributed by atoms with Gasteiger partial charge in [-0.3, -0.25) is 0 Å². The summed E-state index contributed by atoms with van der Waals surface area (Å²) < 4.78 is 19.5. The van der Waals surface area contributed by atoms with Gasteiger partial charge in [-0.15, -0.1) is 0 Å². The zero-order valence-corrected chi connectivity index (χ0v) is 14.2. The maximum atomic E-state index is 13.8. The average Bonchev–Trinajstić information content (AvgIpc) is 2.51. The molecule has 2 rings (SSSR count). The first kappa shape index (κ1) is 16.6. The van der Waals surface area contributed by atoms with Gasteiger partial charge in [0.2, 0.25) is 0 Å². The minimum absolute atomic E-state index is 0.295. The Balaban J connectivity index is 1.89. The lowest BCUT2D eigenvalue weighted by Crippen LogP contribution is -2.30. The van der Waals surface area contributed by atoms with Gasteiger partial charge < -0.3 is 15.4 Å². The number of hydrogen-bond donors (Lipinski definition) is 2. The third kappa shape index (κ3) is 4.35. The van der Waals surface area contributed by atoms with Gasteiger partial charge in [-0.05, 0) is 46.7 Å². The fraction of sp³-hybridized carbons (Fsp3) is 0.214. The van der Waals surface area contributed by atoms with E-state index in [0.717, 1.165) is 0 Å². The molecule has 0 atom stereocenters. The molecule has 0 saturated heterocycles. The third-order valence-corrected chi connectivity index (χ3v) is 3.67. The van der Waals surface area contributed by atoms with Crippen molar-refractivity contribution >= 4 is 39.1 Å². The summed E-state index contributed by atoms with van der Waals surface area (Å²) >= 11 is 8.44. The number of rotatable bonds is 5. The smallest absolute Gasteiger partial charge is 0.172 e. The summed E-state index contributed by atoms with van der Waals surface area (Å²) in [7, 11) is 1.52. The van der Waals surface area contributed by atoms with Gasteiger partial charge >= 0.3 is 0 Å². The highest BCUT2D eigenvalue weighted by atomic mass is 79.9. The lowest BCUT2D eigenvalue weighted by molar-refractivity contribution is 0.404. The van der Waals surface area contributed by atoms with E-state index in [-0.39, 0.29) is 5.82 Å². The number of nitrogens with zero attached hydrogens (tertiary/aromatic N) is 2. The monoisotopic (exact) mass is 384 g/mol. The number of ether oxygens (including phenoxy) is 1. The Morgan fingerprint density at radius 2 is 2.14 bits per heavy atom. The van der Waals surface area contributed by atoms with Crippen molar-refractivity contribution in [3.63, 3.8) is 0 Å². The lowest BCUT2D eigenvalue weighted by Gasteiger charge is -2.12. The second kappa shape index (κ2) is 8.00. The lowest BCUT2D eigenvalue weighted by atomic mass is 10.1. The number of thiocarbonyl (C=S) groups is 1. The summed E-state index contributed by atoms with van der Waals surface area (Å²) in [6.07, 6.45) is 3.56. The maximum absolute atomic E-state index is 13.8. The van der Waals surface area contributed by atoms with Gasteiger partial charge in [0.25, 0.3) is 0 Å². The van der Waals surface area contributed by atoms with Gasteiger partial charge in [-0.2, -0.15) is 0 Å². The molecule has 5 nitrogen and oxygen atoms in total. The van der Waals surface area contributed by atoms with Crippen LogP contribution in [0.2, 0.25) is 0 Å². The van der Waals surface area contributed by atoms with Crippen molar-refractivity contribution in [1.29, 1.82) is 0 Å². The van der Waals surface area contributed by atoms with E-state index in [2.05, 4.69) is 36.5 Å². The number of anilines is 1.